The molecule has 0 saturated carbocycles. The third-order valence-corrected chi connectivity index (χ3v) is 3.31. The van der Waals surface area contributed by atoms with Gasteiger partial charge in [0.1, 0.15) is 5.78 Å². The molecule has 1 aromatic carbocycles. The van der Waals surface area contributed by atoms with Crippen LogP contribution in [0.3, 0.4) is 0 Å². The van der Waals surface area contributed by atoms with E-state index in [4.69, 9.17) is 11.6 Å². The normalized spacial score (nSPS) is 10.6. The highest BCUT2D eigenvalue weighted by atomic mass is 35.5. The number of aromatic nitrogens is 2. The van der Waals surface area contributed by atoms with E-state index in [1.165, 1.54) is 5.56 Å². The SMILES string of the molecule is O=C(CCCc1ccc(Cl)cc1)CCc1cnc[nH]1. The van der Waals surface area contributed by atoms with Crippen LogP contribution in [0.1, 0.15) is 30.5 Å². The number of nitrogens with one attached hydrogen (secondary N) is 1. The second-order valence-electron chi connectivity index (χ2n) is 4.60. The van der Waals surface area contributed by atoms with Gasteiger partial charge in [-0.3, -0.25) is 4.79 Å². The van der Waals surface area contributed by atoms with Gasteiger partial charge in [0.2, 0.25) is 0 Å². The zero-order valence-corrected chi connectivity index (χ0v) is 11.5. The van der Waals surface area contributed by atoms with Crippen LogP contribution in [0, 0.1) is 0 Å². The van der Waals surface area contributed by atoms with Gasteiger partial charge in [0.25, 0.3) is 0 Å². The molecule has 19 heavy (non-hydrogen) atoms. The van der Waals surface area contributed by atoms with E-state index < -0.39 is 0 Å². The number of ketones is 1. The van der Waals surface area contributed by atoms with Gasteiger partial charge in [-0.15, -0.1) is 0 Å². The molecule has 0 atom stereocenters. The minimum absolute atomic E-state index is 0.309. The number of aryl methyl sites for hydroxylation is 2. The maximum absolute atomic E-state index is 11.7. The topological polar surface area (TPSA) is 45.8 Å². The number of carbonyl (C=O) groups is 1. The molecule has 0 aliphatic heterocycles. The molecule has 0 saturated heterocycles. The fourth-order valence-electron chi connectivity index (χ4n) is 1.96. The van der Waals surface area contributed by atoms with Crippen LogP contribution in [-0.4, -0.2) is 15.8 Å². The van der Waals surface area contributed by atoms with Crippen molar-refractivity contribution in [2.45, 2.75) is 32.1 Å². The van der Waals surface area contributed by atoms with Crippen LogP contribution >= 0.6 is 11.6 Å². The summed E-state index contributed by atoms with van der Waals surface area (Å²) >= 11 is 5.82. The van der Waals surface area contributed by atoms with Gasteiger partial charge in [0.15, 0.2) is 0 Å². The number of benzene rings is 1. The summed E-state index contributed by atoms with van der Waals surface area (Å²) < 4.78 is 0. The number of imidazole rings is 1. The molecule has 0 amide bonds. The van der Waals surface area contributed by atoms with Crippen molar-refractivity contribution in [3.8, 4) is 0 Å². The summed E-state index contributed by atoms with van der Waals surface area (Å²) in [6.45, 7) is 0. The summed E-state index contributed by atoms with van der Waals surface area (Å²) in [5.74, 6) is 0.309. The Morgan fingerprint density at radius 1 is 1.16 bits per heavy atom. The van der Waals surface area contributed by atoms with Crippen molar-refractivity contribution in [2.24, 2.45) is 0 Å². The number of halogens is 1. The zero-order chi connectivity index (χ0) is 13.5. The molecule has 2 aromatic rings. The van der Waals surface area contributed by atoms with E-state index in [0.717, 1.165) is 30.0 Å². The average molecular weight is 277 g/mol. The van der Waals surface area contributed by atoms with E-state index >= 15 is 0 Å². The van der Waals surface area contributed by atoms with Gasteiger partial charge in [-0.05, 0) is 37.0 Å². The molecule has 0 aliphatic rings. The van der Waals surface area contributed by atoms with Crippen LogP contribution in [-0.2, 0) is 17.6 Å². The maximum atomic E-state index is 11.7. The lowest BCUT2D eigenvalue weighted by Crippen LogP contribution is -2.01. The van der Waals surface area contributed by atoms with E-state index in [1.807, 2.05) is 24.3 Å². The molecule has 4 heteroatoms. The van der Waals surface area contributed by atoms with Crippen LogP contribution in [0.5, 0.6) is 0 Å². The smallest absolute Gasteiger partial charge is 0.133 e. The Bertz CT molecular complexity index is 505. The Labute approximate surface area is 118 Å². The van der Waals surface area contributed by atoms with E-state index in [9.17, 15) is 4.79 Å². The molecule has 100 valence electrons. The van der Waals surface area contributed by atoms with Crippen molar-refractivity contribution in [2.75, 3.05) is 0 Å². The zero-order valence-electron chi connectivity index (χ0n) is 10.7. The fourth-order valence-corrected chi connectivity index (χ4v) is 2.09. The van der Waals surface area contributed by atoms with Crippen LogP contribution in [0.15, 0.2) is 36.8 Å². The monoisotopic (exact) mass is 276 g/mol. The lowest BCUT2D eigenvalue weighted by molar-refractivity contribution is -0.119. The first-order valence-electron chi connectivity index (χ1n) is 6.47. The predicted octanol–water partition coefficient (Wildman–Crippen LogP) is 3.59. The number of hydrogen-bond donors (Lipinski definition) is 1. The number of aromatic amines is 1. The highest BCUT2D eigenvalue weighted by molar-refractivity contribution is 6.30. The Morgan fingerprint density at radius 3 is 2.63 bits per heavy atom. The number of Topliss-reactive ketones (excluding diaryl/α,β-unsaturated/α-hetero) is 1. The summed E-state index contributed by atoms with van der Waals surface area (Å²) in [5.41, 5.74) is 2.25. The van der Waals surface area contributed by atoms with E-state index in [2.05, 4.69) is 9.97 Å². The molecular formula is C15H17ClN2O. The first kappa shape index (κ1) is 13.8. The standard InChI is InChI=1S/C15H17ClN2O/c16-13-6-4-12(5-7-13)2-1-3-15(19)9-8-14-10-17-11-18-14/h4-7,10-11H,1-3,8-9H2,(H,17,18). The van der Waals surface area contributed by atoms with Crippen molar-refractivity contribution < 1.29 is 4.79 Å². The summed E-state index contributed by atoms with van der Waals surface area (Å²) in [6.07, 6.45) is 7.19. The minimum Gasteiger partial charge on any atom is -0.348 e. The Morgan fingerprint density at radius 2 is 1.95 bits per heavy atom. The summed E-state index contributed by atoms with van der Waals surface area (Å²) in [7, 11) is 0. The number of nitrogens with zero attached hydrogens (tertiary/aromatic N) is 1. The van der Waals surface area contributed by atoms with Crippen molar-refractivity contribution in [3.63, 3.8) is 0 Å². The largest absolute Gasteiger partial charge is 0.348 e. The van der Waals surface area contributed by atoms with Crippen molar-refractivity contribution in [3.05, 3.63) is 53.1 Å². The number of rotatable bonds is 7. The lowest BCUT2D eigenvalue weighted by Gasteiger charge is -2.02. The van der Waals surface area contributed by atoms with E-state index in [0.29, 0.717) is 18.6 Å². The summed E-state index contributed by atoms with van der Waals surface area (Å²) in [5, 5.41) is 0.749. The molecule has 0 unspecified atom stereocenters. The highest BCUT2D eigenvalue weighted by Crippen LogP contribution is 2.12. The van der Waals surface area contributed by atoms with Crippen molar-refractivity contribution in [1.82, 2.24) is 9.97 Å². The van der Waals surface area contributed by atoms with Crippen LogP contribution < -0.4 is 0 Å². The second kappa shape index (κ2) is 7.10. The van der Waals surface area contributed by atoms with Crippen LogP contribution in [0.2, 0.25) is 5.02 Å². The third-order valence-electron chi connectivity index (χ3n) is 3.06. The molecule has 0 fully saturated rings. The third kappa shape index (κ3) is 4.87. The molecule has 0 aliphatic carbocycles. The molecule has 0 radical (unpaired) electrons. The Hall–Kier alpha value is -1.61. The van der Waals surface area contributed by atoms with Crippen molar-refractivity contribution in [1.29, 1.82) is 0 Å². The Kier molecular flexibility index (Phi) is 5.16. The van der Waals surface area contributed by atoms with Crippen LogP contribution in [0.4, 0.5) is 0 Å². The maximum Gasteiger partial charge on any atom is 0.133 e. The summed E-state index contributed by atoms with van der Waals surface area (Å²) in [4.78, 5) is 18.7. The molecule has 2 rings (SSSR count). The van der Waals surface area contributed by atoms with Crippen molar-refractivity contribution >= 4 is 17.4 Å². The highest BCUT2D eigenvalue weighted by Gasteiger charge is 2.04. The minimum atomic E-state index is 0.309. The lowest BCUT2D eigenvalue weighted by atomic mass is 10.0. The van der Waals surface area contributed by atoms with E-state index in [1.54, 1.807) is 12.5 Å². The second-order valence-corrected chi connectivity index (χ2v) is 5.03. The van der Waals surface area contributed by atoms with Crippen LogP contribution in [0.25, 0.3) is 0 Å². The first-order valence-corrected chi connectivity index (χ1v) is 6.85. The molecule has 1 aromatic heterocycles. The molecule has 1 N–H and O–H groups in total. The van der Waals surface area contributed by atoms with E-state index in [-0.39, 0.29) is 0 Å². The molecule has 0 spiro atoms. The average Bonchev–Trinajstić information content (AvgIpc) is 2.92. The van der Waals surface area contributed by atoms with Gasteiger partial charge >= 0.3 is 0 Å². The molecule has 0 bridgehead atoms. The number of carbonyl (C=O) groups excluding carboxylic acids is 1. The predicted molar refractivity (Wildman–Crippen MR) is 76.3 cm³/mol. The van der Waals surface area contributed by atoms with Gasteiger partial charge in [-0.1, -0.05) is 23.7 Å². The molecular weight excluding hydrogens is 260 g/mol. The molecule has 1 heterocycles. The Balaban J connectivity index is 1.65. The van der Waals surface area contributed by atoms with Gasteiger partial charge in [0.05, 0.1) is 6.33 Å². The summed E-state index contributed by atoms with van der Waals surface area (Å²) in [6, 6.07) is 7.79. The van der Waals surface area contributed by atoms with Gasteiger partial charge in [0, 0.05) is 29.8 Å². The number of H-pyrrole nitrogens is 1. The quantitative estimate of drug-likeness (QED) is 0.840. The first-order chi connectivity index (χ1) is 9.24. The van der Waals surface area contributed by atoms with Gasteiger partial charge in [-0.25, -0.2) is 4.98 Å². The molecule has 3 nitrogen and oxygen atoms in total. The van der Waals surface area contributed by atoms with Gasteiger partial charge in [-0.2, -0.15) is 0 Å². The van der Waals surface area contributed by atoms with Gasteiger partial charge < -0.3 is 4.98 Å². The fraction of sp³-hybridized carbons (Fsp3) is 0.333. The number of hydrogen-bond acceptors (Lipinski definition) is 2.